The number of nitrogens with zero attached hydrogens (tertiary/aromatic N) is 4. The van der Waals surface area contributed by atoms with Gasteiger partial charge < -0.3 is 5.11 Å². The lowest BCUT2D eigenvalue weighted by Gasteiger charge is -2.20. The van der Waals surface area contributed by atoms with E-state index in [0.29, 0.717) is 12.2 Å². The van der Waals surface area contributed by atoms with Gasteiger partial charge in [0.05, 0.1) is 5.69 Å². The van der Waals surface area contributed by atoms with Crippen molar-refractivity contribution in [2.75, 3.05) is 6.54 Å². The molecule has 0 aliphatic heterocycles. The van der Waals surface area contributed by atoms with Gasteiger partial charge in [0.2, 0.25) is 0 Å². The van der Waals surface area contributed by atoms with Crippen LogP contribution in [0.4, 0.5) is 0 Å². The Bertz CT molecular complexity index is 574. The normalized spacial score (nSPS) is 10.7. The van der Waals surface area contributed by atoms with Gasteiger partial charge in [-0.25, -0.2) is 14.8 Å². The molecule has 104 valence electrons. The highest BCUT2D eigenvalue weighted by Gasteiger charge is 2.14. The first-order valence-corrected chi connectivity index (χ1v) is 6.34. The van der Waals surface area contributed by atoms with Crippen molar-refractivity contribution in [2.24, 2.45) is 0 Å². The fourth-order valence-electron chi connectivity index (χ4n) is 1.90. The van der Waals surface area contributed by atoms with E-state index in [1.165, 1.54) is 12.5 Å². The maximum Gasteiger partial charge on any atom is 0.339 e. The summed E-state index contributed by atoms with van der Waals surface area (Å²) >= 11 is 0. The Hall–Kier alpha value is -2.34. The first-order chi connectivity index (χ1) is 9.70. The van der Waals surface area contributed by atoms with Gasteiger partial charge in [0, 0.05) is 31.7 Å². The Labute approximate surface area is 117 Å². The Kier molecular flexibility index (Phi) is 4.73. The Morgan fingerprint density at radius 3 is 2.65 bits per heavy atom. The predicted molar refractivity (Wildman–Crippen MR) is 73.0 cm³/mol. The molecule has 0 spiro atoms. The summed E-state index contributed by atoms with van der Waals surface area (Å²) in [5, 5.41) is 9.13. The van der Waals surface area contributed by atoms with Crippen molar-refractivity contribution in [1.82, 2.24) is 19.9 Å². The van der Waals surface area contributed by atoms with E-state index in [1.54, 1.807) is 12.4 Å². The van der Waals surface area contributed by atoms with E-state index in [1.807, 2.05) is 19.1 Å². The van der Waals surface area contributed by atoms with Crippen molar-refractivity contribution in [1.29, 1.82) is 0 Å². The van der Waals surface area contributed by atoms with Gasteiger partial charge in [-0.3, -0.25) is 9.88 Å². The van der Waals surface area contributed by atoms with E-state index in [9.17, 15) is 4.79 Å². The fourth-order valence-corrected chi connectivity index (χ4v) is 1.90. The van der Waals surface area contributed by atoms with Crippen LogP contribution in [0.25, 0.3) is 0 Å². The summed E-state index contributed by atoms with van der Waals surface area (Å²) in [5.41, 5.74) is 1.82. The number of carboxylic acids is 1. The molecule has 0 aliphatic rings. The molecule has 2 rings (SSSR count). The highest BCUT2D eigenvalue weighted by molar-refractivity contribution is 5.88. The van der Waals surface area contributed by atoms with Crippen LogP contribution < -0.4 is 0 Å². The van der Waals surface area contributed by atoms with Gasteiger partial charge in [0.1, 0.15) is 11.9 Å². The number of carbonyl (C=O) groups is 1. The summed E-state index contributed by atoms with van der Waals surface area (Å²) in [5.74, 6) is -0.999. The highest BCUT2D eigenvalue weighted by atomic mass is 16.4. The molecule has 2 aromatic rings. The summed E-state index contributed by atoms with van der Waals surface area (Å²) in [4.78, 5) is 25.1. The molecule has 0 amide bonds. The van der Waals surface area contributed by atoms with E-state index < -0.39 is 5.97 Å². The standard InChI is InChI=1S/C14H16N4O2/c1-2-18(8-11-3-5-15-6-4-11)9-13-12(14(19)20)7-16-10-17-13/h3-7,10H,2,8-9H2,1H3,(H,19,20). The topological polar surface area (TPSA) is 79.2 Å². The Morgan fingerprint density at radius 1 is 1.25 bits per heavy atom. The number of aromatic nitrogens is 3. The minimum atomic E-state index is -0.999. The maximum atomic E-state index is 11.1. The van der Waals surface area contributed by atoms with E-state index >= 15 is 0 Å². The van der Waals surface area contributed by atoms with E-state index in [2.05, 4.69) is 19.9 Å². The number of hydrogen-bond donors (Lipinski definition) is 1. The molecule has 6 nitrogen and oxygen atoms in total. The SMILES string of the molecule is CCN(Cc1ccncc1)Cc1ncncc1C(=O)O. The minimum absolute atomic E-state index is 0.153. The van der Waals surface area contributed by atoms with Gasteiger partial charge >= 0.3 is 5.97 Å². The zero-order valence-corrected chi connectivity index (χ0v) is 11.2. The molecule has 20 heavy (non-hydrogen) atoms. The lowest BCUT2D eigenvalue weighted by atomic mass is 10.2. The molecule has 1 N–H and O–H groups in total. The van der Waals surface area contributed by atoms with Crippen LogP contribution in [0.1, 0.15) is 28.5 Å². The maximum absolute atomic E-state index is 11.1. The molecule has 0 atom stereocenters. The van der Waals surface area contributed by atoms with Crippen molar-refractivity contribution in [3.63, 3.8) is 0 Å². The molecule has 0 bridgehead atoms. The lowest BCUT2D eigenvalue weighted by Crippen LogP contribution is -2.24. The van der Waals surface area contributed by atoms with Crippen molar-refractivity contribution < 1.29 is 9.90 Å². The van der Waals surface area contributed by atoms with Crippen LogP contribution in [0.2, 0.25) is 0 Å². The quantitative estimate of drug-likeness (QED) is 0.860. The van der Waals surface area contributed by atoms with Crippen LogP contribution >= 0.6 is 0 Å². The molecule has 6 heteroatoms. The zero-order valence-electron chi connectivity index (χ0n) is 11.2. The minimum Gasteiger partial charge on any atom is -0.478 e. The third kappa shape index (κ3) is 3.58. The molecule has 0 saturated carbocycles. The van der Waals surface area contributed by atoms with Crippen molar-refractivity contribution in [3.05, 3.63) is 53.9 Å². The van der Waals surface area contributed by atoms with E-state index in [4.69, 9.17) is 5.11 Å². The van der Waals surface area contributed by atoms with Gasteiger partial charge in [0.15, 0.2) is 0 Å². The van der Waals surface area contributed by atoms with Crippen molar-refractivity contribution >= 4 is 5.97 Å². The Balaban J connectivity index is 2.13. The van der Waals surface area contributed by atoms with Crippen LogP contribution in [0, 0.1) is 0 Å². The van der Waals surface area contributed by atoms with Crippen LogP contribution in [-0.4, -0.2) is 37.5 Å². The third-order valence-electron chi connectivity index (χ3n) is 3.00. The molecule has 0 aromatic carbocycles. The van der Waals surface area contributed by atoms with Gasteiger partial charge in [0.25, 0.3) is 0 Å². The smallest absolute Gasteiger partial charge is 0.339 e. The zero-order chi connectivity index (χ0) is 14.4. The second kappa shape index (κ2) is 6.72. The van der Waals surface area contributed by atoms with Gasteiger partial charge in [-0.15, -0.1) is 0 Å². The summed E-state index contributed by atoms with van der Waals surface area (Å²) in [7, 11) is 0. The summed E-state index contributed by atoms with van der Waals surface area (Å²) < 4.78 is 0. The average molecular weight is 272 g/mol. The molecule has 0 saturated heterocycles. The number of aromatic carboxylic acids is 1. The van der Waals surface area contributed by atoms with Crippen LogP contribution in [0.15, 0.2) is 37.1 Å². The molecular formula is C14H16N4O2. The largest absolute Gasteiger partial charge is 0.478 e. The monoisotopic (exact) mass is 272 g/mol. The molecule has 2 heterocycles. The van der Waals surface area contributed by atoms with Crippen molar-refractivity contribution in [3.8, 4) is 0 Å². The lowest BCUT2D eigenvalue weighted by molar-refractivity contribution is 0.0693. The Morgan fingerprint density at radius 2 is 2.00 bits per heavy atom. The second-order valence-corrected chi connectivity index (χ2v) is 4.35. The highest BCUT2D eigenvalue weighted by Crippen LogP contribution is 2.10. The first-order valence-electron chi connectivity index (χ1n) is 6.34. The van der Waals surface area contributed by atoms with Gasteiger partial charge in [-0.05, 0) is 24.2 Å². The van der Waals surface area contributed by atoms with Gasteiger partial charge in [-0.2, -0.15) is 0 Å². The molecule has 0 aliphatic carbocycles. The number of carboxylic acid groups (broad SMARTS) is 1. The summed E-state index contributed by atoms with van der Waals surface area (Å²) in [6.07, 6.45) is 6.21. The van der Waals surface area contributed by atoms with Crippen molar-refractivity contribution in [2.45, 2.75) is 20.0 Å². The van der Waals surface area contributed by atoms with E-state index in [-0.39, 0.29) is 5.56 Å². The number of pyridine rings is 1. The summed E-state index contributed by atoms with van der Waals surface area (Å²) in [6.45, 7) is 4.03. The van der Waals surface area contributed by atoms with Crippen LogP contribution in [-0.2, 0) is 13.1 Å². The molecule has 0 fully saturated rings. The number of hydrogen-bond acceptors (Lipinski definition) is 5. The van der Waals surface area contributed by atoms with Crippen LogP contribution in [0.5, 0.6) is 0 Å². The number of rotatable bonds is 6. The second-order valence-electron chi connectivity index (χ2n) is 4.35. The summed E-state index contributed by atoms with van der Waals surface area (Å²) in [6, 6.07) is 3.89. The fraction of sp³-hybridized carbons (Fsp3) is 0.286. The molecule has 2 aromatic heterocycles. The average Bonchev–Trinajstić information content (AvgIpc) is 2.48. The molecule has 0 unspecified atom stereocenters. The first kappa shape index (κ1) is 14.1. The van der Waals surface area contributed by atoms with Crippen LogP contribution in [0.3, 0.4) is 0 Å². The molecule has 0 radical (unpaired) electrons. The molecular weight excluding hydrogens is 256 g/mol. The van der Waals surface area contributed by atoms with Gasteiger partial charge in [-0.1, -0.05) is 6.92 Å². The predicted octanol–water partition coefficient (Wildman–Crippen LogP) is 1.59. The van der Waals surface area contributed by atoms with E-state index in [0.717, 1.165) is 18.7 Å². The third-order valence-corrected chi connectivity index (χ3v) is 3.00.